The SMILES string of the molecule is COCCNC(=O)CSc1ccccc1C(=O)Nc1ccc(I)cc1. The molecule has 7 heteroatoms. The van der Waals surface area contributed by atoms with Gasteiger partial charge >= 0.3 is 0 Å². The quantitative estimate of drug-likeness (QED) is 0.353. The molecule has 2 aromatic rings. The molecular formula is C18H19IN2O3S. The minimum Gasteiger partial charge on any atom is -0.383 e. The lowest BCUT2D eigenvalue weighted by atomic mass is 10.2. The van der Waals surface area contributed by atoms with Gasteiger partial charge in [0.05, 0.1) is 17.9 Å². The largest absolute Gasteiger partial charge is 0.383 e. The molecule has 0 aliphatic heterocycles. The third kappa shape index (κ3) is 6.68. The molecule has 0 unspecified atom stereocenters. The molecule has 2 amide bonds. The van der Waals surface area contributed by atoms with Gasteiger partial charge in [-0.25, -0.2) is 0 Å². The Morgan fingerprint density at radius 3 is 2.56 bits per heavy atom. The Morgan fingerprint density at radius 1 is 1.12 bits per heavy atom. The van der Waals surface area contributed by atoms with Crippen molar-refractivity contribution in [3.05, 3.63) is 57.7 Å². The van der Waals surface area contributed by atoms with E-state index in [1.54, 1.807) is 13.2 Å². The number of benzene rings is 2. The fourth-order valence-electron chi connectivity index (χ4n) is 2.00. The number of hydrogen-bond acceptors (Lipinski definition) is 4. The van der Waals surface area contributed by atoms with E-state index in [1.807, 2.05) is 42.5 Å². The van der Waals surface area contributed by atoms with Crippen molar-refractivity contribution in [2.75, 3.05) is 31.3 Å². The Bertz CT molecular complexity index is 723. The number of halogens is 1. The van der Waals surface area contributed by atoms with Gasteiger partial charge in [-0.1, -0.05) is 12.1 Å². The molecule has 0 saturated heterocycles. The van der Waals surface area contributed by atoms with E-state index < -0.39 is 0 Å². The monoisotopic (exact) mass is 470 g/mol. The van der Waals surface area contributed by atoms with Gasteiger partial charge in [-0.3, -0.25) is 9.59 Å². The van der Waals surface area contributed by atoms with Gasteiger partial charge in [-0.05, 0) is 59.0 Å². The number of thioether (sulfide) groups is 1. The maximum Gasteiger partial charge on any atom is 0.256 e. The number of rotatable bonds is 8. The molecule has 0 atom stereocenters. The second kappa shape index (κ2) is 10.4. The van der Waals surface area contributed by atoms with Crippen molar-refractivity contribution >= 4 is 51.9 Å². The lowest BCUT2D eigenvalue weighted by molar-refractivity contribution is -0.118. The van der Waals surface area contributed by atoms with Gasteiger partial charge in [0, 0.05) is 27.8 Å². The molecule has 0 aromatic heterocycles. The summed E-state index contributed by atoms with van der Waals surface area (Å²) in [5.41, 5.74) is 1.29. The van der Waals surface area contributed by atoms with E-state index in [1.165, 1.54) is 11.8 Å². The third-order valence-electron chi connectivity index (χ3n) is 3.22. The number of anilines is 1. The van der Waals surface area contributed by atoms with Crippen LogP contribution in [0.15, 0.2) is 53.4 Å². The van der Waals surface area contributed by atoms with E-state index in [4.69, 9.17) is 4.74 Å². The zero-order chi connectivity index (χ0) is 18.1. The smallest absolute Gasteiger partial charge is 0.256 e. The van der Waals surface area contributed by atoms with Gasteiger partial charge < -0.3 is 15.4 Å². The first kappa shape index (κ1) is 19.7. The van der Waals surface area contributed by atoms with E-state index in [0.717, 1.165) is 14.2 Å². The lowest BCUT2D eigenvalue weighted by Gasteiger charge is -2.10. The first-order chi connectivity index (χ1) is 12.1. The molecule has 5 nitrogen and oxygen atoms in total. The summed E-state index contributed by atoms with van der Waals surface area (Å²) < 4.78 is 6.00. The molecule has 25 heavy (non-hydrogen) atoms. The summed E-state index contributed by atoms with van der Waals surface area (Å²) in [4.78, 5) is 25.1. The average molecular weight is 470 g/mol. The van der Waals surface area contributed by atoms with Crippen molar-refractivity contribution < 1.29 is 14.3 Å². The van der Waals surface area contributed by atoms with E-state index in [2.05, 4.69) is 33.2 Å². The zero-order valence-electron chi connectivity index (χ0n) is 13.8. The highest BCUT2D eigenvalue weighted by Crippen LogP contribution is 2.23. The summed E-state index contributed by atoms with van der Waals surface area (Å²) >= 11 is 3.55. The number of carbonyl (C=O) groups excluding carboxylic acids is 2. The van der Waals surface area contributed by atoms with Crippen molar-refractivity contribution in [3.8, 4) is 0 Å². The first-order valence-corrected chi connectivity index (χ1v) is 9.71. The predicted octanol–water partition coefficient (Wildman–Crippen LogP) is 3.40. The minimum absolute atomic E-state index is 0.0881. The van der Waals surface area contributed by atoms with Crippen molar-refractivity contribution in [1.29, 1.82) is 0 Å². The molecule has 0 aliphatic rings. The van der Waals surface area contributed by atoms with Crippen LogP contribution >= 0.6 is 34.4 Å². The highest BCUT2D eigenvalue weighted by atomic mass is 127. The molecule has 2 rings (SSSR count). The van der Waals surface area contributed by atoms with Crippen LogP contribution in [-0.2, 0) is 9.53 Å². The van der Waals surface area contributed by atoms with Gasteiger partial charge in [-0.2, -0.15) is 0 Å². The summed E-state index contributed by atoms with van der Waals surface area (Å²) in [6, 6.07) is 14.8. The van der Waals surface area contributed by atoms with Crippen LogP contribution in [0.5, 0.6) is 0 Å². The number of hydrogen-bond donors (Lipinski definition) is 2. The Kier molecular flexibility index (Phi) is 8.23. The summed E-state index contributed by atoms with van der Waals surface area (Å²) in [6.07, 6.45) is 0. The topological polar surface area (TPSA) is 67.4 Å². The molecule has 0 bridgehead atoms. The zero-order valence-corrected chi connectivity index (χ0v) is 16.7. The molecule has 0 heterocycles. The molecule has 0 spiro atoms. The van der Waals surface area contributed by atoms with Crippen LogP contribution < -0.4 is 10.6 Å². The highest BCUT2D eigenvalue weighted by Gasteiger charge is 2.13. The molecular weight excluding hydrogens is 451 g/mol. The van der Waals surface area contributed by atoms with E-state index in [9.17, 15) is 9.59 Å². The van der Waals surface area contributed by atoms with Gasteiger partial charge in [0.25, 0.3) is 5.91 Å². The van der Waals surface area contributed by atoms with E-state index in [0.29, 0.717) is 18.7 Å². The van der Waals surface area contributed by atoms with Gasteiger partial charge in [0.15, 0.2) is 0 Å². The van der Waals surface area contributed by atoms with Gasteiger partial charge in [0.1, 0.15) is 0 Å². The van der Waals surface area contributed by atoms with Crippen LogP contribution in [-0.4, -0.2) is 37.8 Å². The van der Waals surface area contributed by atoms with Crippen molar-refractivity contribution in [3.63, 3.8) is 0 Å². The van der Waals surface area contributed by atoms with E-state index in [-0.39, 0.29) is 17.6 Å². The summed E-state index contributed by atoms with van der Waals surface area (Å²) in [5, 5.41) is 5.64. The number of nitrogens with one attached hydrogen (secondary N) is 2. The maximum atomic E-state index is 12.5. The van der Waals surface area contributed by atoms with Gasteiger partial charge in [0.2, 0.25) is 5.91 Å². The van der Waals surface area contributed by atoms with Crippen molar-refractivity contribution in [1.82, 2.24) is 5.32 Å². The van der Waals surface area contributed by atoms with Crippen LogP contribution in [0.2, 0.25) is 0 Å². The predicted molar refractivity (Wildman–Crippen MR) is 109 cm³/mol. The van der Waals surface area contributed by atoms with Crippen LogP contribution in [0.25, 0.3) is 0 Å². The van der Waals surface area contributed by atoms with Crippen molar-refractivity contribution in [2.45, 2.75) is 4.90 Å². The Morgan fingerprint density at radius 2 is 1.84 bits per heavy atom. The Balaban J connectivity index is 1.98. The molecule has 0 radical (unpaired) electrons. The van der Waals surface area contributed by atoms with Crippen molar-refractivity contribution in [2.24, 2.45) is 0 Å². The van der Waals surface area contributed by atoms with Crippen LogP contribution in [0.1, 0.15) is 10.4 Å². The summed E-state index contributed by atoms with van der Waals surface area (Å²) in [7, 11) is 1.59. The first-order valence-electron chi connectivity index (χ1n) is 7.64. The standard InChI is InChI=1S/C18H19IN2O3S/c1-24-11-10-20-17(22)12-25-16-5-3-2-4-15(16)18(23)21-14-8-6-13(19)7-9-14/h2-9H,10-12H2,1H3,(H,20,22)(H,21,23). The second-order valence-corrected chi connectivity index (χ2v) is 7.35. The average Bonchev–Trinajstić information content (AvgIpc) is 2.62. The number of amides is 2. The third-order valence-corrected chi connectivity index (χ3v) is 5.01. The summed E-state index contributed by atoms with van der Waals surface area (Å²) in [6.45, 7) is 0.955. The molecule has 132 valence electrons. The van der Waals surface area contributed by atoms with Crippen LogP contribution in [0, 0.1) is 3.57 Å². The van der Waals surface area contributed by atoms with Crippen LogP contribution in [0.4, 0.5) is 5.69 Å². The normalized spacial score (nSPS) is 10.3. The Labute approximate surface area is 165 Å². The fourth-order valence-corrected chi connectivity index (χ4v) is 3.24. The molecule has 0 saturated carbocycles. The number of carbonyl (C=O) groups is 2. The Hall–Kier alpha value is -1.58. The minimum atomic E-state index is -0.191. The maximum absolute atomic E-state index is 12.5. The van der Waals surface area contributed by atoms with E-state index >= 15 is 0 Å². The number of methoxy groups -OCH3 is 1. The molecule has 0 fully saturated rings. The van der Waals surface area contributed by atoms with Crippen LogP contribution in [0.3, 0.4) is 0 Å². The van der Waals surface area contributed by atoms with Gasteiger partial charge in [-0.15, -0.1) is 11.8 Å². The fraction of sp³-hybridized carbons (Fsp3) is 0.222. The summed E-state index contributed by atoms with van der Waals surface area (Å²) in [5.74, 6) is -0.0311. The number of ether oxygens (including phenoxy) is 1. The molecule has 2 aromatic carbocycles. The molecule has 2 N–H and O–H groups in total. The highest BCUT2D eigenvalue weighted by molar-refractivity contribution is 14.1. The molecule has 0 aliphatic carbocycles. The second-order valence-electron chi connectivity index (χ2n) is 5.09. The lowest BCUT2D eigenvalue weighted by Crippen LogP contribution is -2.28.